The lowest BCUT2D eigenvalue weighted by Gasteiger charge is -2.06. The molecule has 100 valence electrons. The summed E-state index contributed by atoms with van der Waals surface area (Å²) in [5, 5.41) is 10.5. The first-order chi connectivity index (χ1) is 9.02. The van der Waals surface area contributed by atoms with Crippen LogP contribution < -0.4 is 11.2 Å². The van der Waals surface area contributed by atoms with E-state index in [1.807, 2.05) is 0 Å². The Balaban J connectivity index is 2.40. The predicted molar refractivity (Wildman–Crippen MR) is 65.1 cm³/mol. The molecule has 2 aromatic rings. The van der Waals surface area contributed by atoms with E-state index in [0.29, 0.717) is 6.54 Å². The molecule has 8 heteroatoms. The van der Waals surface area contributed by atoms with Crippen LogP contribution in [0.5, 0.6) is 0 Å². The maximum atomic E-state index is 11.9. The average molecular weight is 265 g/mol. The third-order valence-electron chi connectivity index (χ3n) is 2.62. The first kappa shape index (κ1) is 12.8. The second-order valence-electron chi connectivity index (χ2n) is 3.81. The van der Waals surface area contributed by atoms with Crippen molar-refractivity contribution in [2.24, 2.45) is 0 Å². The molecule has 0 spiro atoms. The highest BCUT2D eigenvalue weighted by Crippen LogP contribution is 2.15. The molecule has 8 nitrogen and oxygen atoms in total. The number of rotatable bonds is 4. The third kappa shape index (κ3) is 2.46. The molecule has 0 bridgehead atoms. The molecule has 0 saturated heterocycles. The van der Waals surface area contributed by atoms with Crippen molar-refractivity contribution in [3.8, 4) is 0 Å². The molecule has 2 heterocycles. The van der Waals surface area contributed by atoms with Gasteiger partial charge in [0.2, 0.25) is 0 Å². The lowest BCUT2D eigenvalue weighted by atomic mass is 10.4. The van der Waals surface area contributed by atoms with Gasteiger partial charge in [-0.05, 0) is 13.0 Å². The lowest BCUT2D eigenvalue weighted by molar-refractivity contribution is -0.402. The molecular formula is C11H11N3O5. The van der Waals surface area contributed by atoms with Gasteiger partial charge in [-0.1, -0.05) is 0 Å². The summed E-state index contributed by atoms with van der Waals surface area (Å²) in [6.07, 6.45) is 1.41. The van der Waals surface area contributed by atoms with Gasteiger partial charge in [0.1, 0.15) is 10.7 Å². The predicted octanol–water partition coefficient (Wildman–Crippen LogP) is 0.579. The van der Waals surface area contributed by atoms with Crippen LogP contribution in [0.1, 0.15) is 12.7 Å². The topological polar surface area (TPSA) is 100 Å². The van der Waals surface area contributed by atoms with Crippen LogP contribution in [0.25, 0.3) is 0 Å². The molecule has 0 aliphatic rings. The van der Waals surface area contributed by atoms with Gasteiger partial charge in [0.15, 0.2) is 0 Å². The number of hydrogen-bond donors (Lipinski definition) is 0. The Bertz CT molecular complexity index is 724. The lowest BCUT2D eigenvalue weighted by Crippen LogP contribution is -2.38. The van der Waals surface area contributed by atoms with Gasteiger partial charge in [-0.15, -0.1) is 0 Å². The van der Waals surface area contributed by atoms with Crippen LogP contribution >= 0.6 is 0 Å². The van der Waals surface area contributed by atoms with E-state index in [-0.39, 0.29) is 12.3 Å². The molecule has 2 rings (SSSR count). The van der Waals surface area contributed by atoms with E-state index in [1.54, 1.807) is 6.92 Å². The minimum absolute atomic E-state index is 0.133. The van der Waals surface area contributed by atoms with Crippen molar-refractivity contribution in [3.63, 3.8) is 0 Å². The molecule has 0 aromatic carbocycles. The minimum Gasteiger partial charge on any atom is -0.404 e. The Morgan fingerprint density at radius 2 is 2.05 bits per heavy atom. The fourth-order valence-corrected chi connectivity index (χ4v) is 1.65. The van der Waals surface area contributed by atoms with Crippen molar-refractivity contribution in [2.45, 2.75) is 20.0 Å². The largest absolute Gasteiger partial charge is 0.433 e. The van der Waals surface area contributed by atoms with Crippen molar-refractivity contribution >= 4 is 5.88 Å². The summed E-state index contributed by atoms with van der Waals surface area (Å²) in [6.45, 7) is 2.07. The van der Waals surface area contributed by atoms with E-state index in [2.05, 4.69) is 0 Å². The molecule has 0 atom stereocenters. The van der Waals surface area contributed by atoms with Crippen molar-refractivity contribution in [1.82, 2.24) is 9.13 Å². The van der Waals surface area contributed by atoms with Crippen LogP contribution in [-0.4, -0.2) is 14.1 Å². The molecule has 0 amide bonds. The zero-order valence-electron chi connectivity index (χ0n) is 10.1. The van der Waals surface area contributed by atoms with Gasteiger partial charge in [-0.3, -0.25) is 19.5 Å². The number of nitrogens with zero attached hydrogens (tertiary/aromatic N) is 3. The maximum absolute atomic E-state index is 11.9. The van der Waals surface area contributed by atoms with E-state index in [1.165, 1.54) is 29.0 Å². The van der Waals surface area contributed by atoms with Crippen LogP contribution in [0, 0.1) is 10.1 Å². The maximum Gasteiger partial charge on any atom is 0.433 e. The Hall–Kier alpha value is -2.64. The second kappa shape index (κ2) is 4.92. The van der Waals surface area contributed by atoms with Crippen LogP contribution in [0.3, 0.4) is 0 Å². The highest BCUT2D eigenvalue weighted by molar-refractivity contribution is 5.18. The van der Waals surface area contributed by atoms with Crippen molar-refractivity contribution in [1.29, 1.82) is 0 Å². The Labute approximate surface area is 106 Å². The van der Waals surface area contributed by atoms with E-state index in [0.717, 1.165) is 4.57 Å². The summed E-state index contributed by atoms with van der Waals surface area (Å²) < 4.78 is 7.25. The van der Waals surface area contributed by atoms with Gasteiger partial charge in [-0.2, -0.15) is 0 Å². The first-order valence-electron chi connectivity index (χ1n) is 5.56. The third-order valence-corrected chi connectivity index (χ3v) is 2.62. The summed E-state index contributed by atoms with van der Waals surface area (Å²) in [7, 11) is 0. The van der Waals surface area contributed by atoms with Crippen molar-refractivity contribution < 1.29 is 9.34 Å². The van der Waals surface area contributed by atoms with Crippen LogP contribution in [0.15, 0.2) is 38.4 Å². The number of furan rings is 1. The van der Waals surface area contributed by atoms with Gasteiger partial charge in [0, 0.05) is 18.8 Å². The van der Waals surface area contributed by atoms with Crippen LogP contribution in [0.2, 0.25) is 0 Å². The Kier molecular flexibility index (Phi) is 3.32. The molecule has 0 aliphatic carbocycles. The number of aryl methyl sites for hydroxylation is 1. The Morgan fingerprint density at radius 1 is 1.32 bits per heavy atom. The number of aromatic nitrogens is 2. The minimum atomic E-state index is -0.679. The quantitative estimate of drug-likeness (QED) is 0.594. The molecule has 19 heavy (non-hydrogen) atoms. The summed E-state index contributed by atoms with van der Waals surface area (Å²) in [4.78, 5) is 33.3. The molecule has 0 saturated carbocycles. The Morgan fingerprint density at radius 3 is 2.63 bits per heavy atom. The SMILES string of the molecule is CCn1ccc(=O)n(Cc2ccc([N+](=O)[O-])o2)c1=O. The van der Waals surface area contributed by atoms with Crippen LogP contribution in [0.4, 0.5) is 5.88 Å². The van der Waals surface area contributed by atoms with Gasteiger partial charge in [-0.25, -0.2) is 4.79 Å². The highest BCUT2D eigenvalue weighted by Gasteiger charge is 2.13. The van der Waals surface area contributed by atoms with Gasteiger partial charge < -0.3 is 8.98 Å². The first-order valence-corrected chi connectivity index (χ1v) is 5.56. The summed E-state index contributed by atoms with van der Waals surface area (Å²) in [5.74, 6) is -0.241. The fraction of sp³-hybridized carbons (Fsp3) is 0.273. The molecule has 0 N–H and O–H groups in total. The molecule has 0 radical (unpaired) electrons. The molecule has 2 aromatic heterocycles. The average Bonchev–Trinajstić information content (AvgIpc) is 2.83. The molecule has 0 unspecified atom stereocenters. The van der Waals surface area contributed by atoms with Gasteiger partial charge in [0.25, 0.3) is 5.56 Å². The van der Waals surface area contributed by atoms with E-state index in [4.69, 9.17) is 4.42 Å². The van der Waals surface area contributed by atoms with Crippen molar-refractivity contribution in [3.05, 3.63) is 61.1 Å². The fourth-order valence-electron chi connectivity index (χ4n) is 1.65. The number of hydrogen-bond acceptors (Lipinski definition) is 5. The highest BCUT2D eigenvalue weighted by atomic mass is 16.6. The molecular weight excluding hydrogens is 254 g/mol. The standard InChI is InChI=1S/C11H11N3O5/c1-2-12-6-5-9(15)13(11(12)16)7-8-3-4-10(19-8)14(17)18/h3-6H,2,7H2,1H3. The van der Waals surface area contributed by atoms with Gasteiger partial charge >= 0.3 is 11.6 Å². The zero-order valence-corrected chi connectivity index (χ0v) is 10.1. The zero-order chi connectivity index (χ0) is 14.0. The normalized spacial score (nSPS) is 10.6. The van der Waals surface area contributed by atoms with Crippen LogP contribution in [-0.2, 0) is 13.1 Å². The summed E-state index contributed by atoms with van der Waals surface area (Å²) >= 11 is 0. The number of nitro groups is 1. The second-order valence-corrected chi connectivity index (χ2v) is 3.81. The van der Waals surface area contributed by atoms with Gasteiger partial charge in [0.05, 0.1) is 12.6 Å². The van der Waals surface area contributed by atoms with E-state index >= 15 is 0 Å². The monoisotopic (exact) mass is 265 g/mol. The van der Waals surface area contributed by atoms with E-state index < -0.39 is 22.1 Å². The molecule has 0 aliphatic heterocycles. The smallest absolute Gasteiger partial charge is 0.404 e. The summed E-state index contributed by atoms with van der Waals surface area (Å²) in [5.41, 5.74) is -0.956. The van der Waals surface area contributed by atoms with E-state index in [9.17, 15) is 19.7 Å². The summed E-state index contributed by atoms with van der Waals surface area (Å²) in [6, 6.07) is 3.82. The molecule has 0 fully saturated rings. The van der Waals surface area contributed by atoms with Crippen molar-refractivity contribution in [2.75, 3.05) is 0 Å².